The van der Waals surface area contributed by atoms with E-state index in [-0.39, 0.29) is 11.8 Å². The molecule has 1 atom stereocenters. The summed E-state index contributed by atoms with van der Waals surface area (Å²) >= 11 is 5.69. The van der Waals surface area contributed by atoms with Crippen molar-refractivity contribution < 1.29 is 9.13 Å². The highest BCUT2D eigenvalue weighted by molar-refractivity contribution is 6.17. The summed E-state index contributed by atoms with van der Waals surface area (Å²) in [6.07, 6.45) is 2.49. The Hall–Kier alpha value is -1.61. The van der Waals surface area contributed by atoms with Crippen LogP contribution in [0, 0.1) is 5.82 Å². The Morgan fingerprint density at radius 2 is 2.05 bits per heavy atom. The number of hydrogen-bond acceptors (Lipinski definition) is 2. The molecule has 1 unspecified atom stereocenters. The van der Waals surface area contributed by atoms with E-state index in [0.29, 0.717) is 17.2 Å². The zero-order valence-electron chi connectivity index (χ0n) is 11.6. The van der Waals surface area contributed by atoms with E-state index >= 15 is 0 Å². The van der Waals surface area contributed by atoms with Crippen molar-refractivity contribution in [2.75, 3.05) is 0 Å². The van der Waals surface area contributed by atoms with Gasteiger partial charge < -0.3 is 4.74 Å². The number of para-hydroxylation sites is 1. The van der Waals surface area contributed by atoms with Crippen LogP contribution in [-0.2, 0) is 5.88 Å². The van der Waals surface area contributed by atoms with Crippen molar-refractivity contribution in [3.63, 3.8) is 0 Å². The van der Waals surface area contributed by atoms with Gasteiger partial charge in [0.1, 0.15) is 5.75 Å². The van der Waals surface area contributed by atoms with Crippen LogP contribution in [0.25, 0.3) is 0 Å². The fraction of sp³-hybridized carbons (Fsp3) is 0.312. The first-order valence-electron chi connectivity index (χ1n) is 6.63. The smallest absolute Gasteiger partial charge is 0.256 e. The standard InChI is InChI=1S/C16H17ClFNO/c1-3-11(2)13-6-4-5-7-14(13)20-16-15(18)12(10-17)8-9-19-16/h4-9,11H,3,10H2,1-2H3. The SMILES string of the molecule is CCC(C)c1ccccc1Oc1nccc(CCl)c1F. The summed E-state index contributed by atoms with van der Waals surface area (Å²) in [7, 11) is 0. The zero-order chi connectivity index (χ0) is 14.5. The molecule has 0 fully saturated rings. The van der Waals surface area contributed by atoms with E-state index in [0.717, 1.165) is 12.0 Å². The van der Waals surface area contributed by atoms with Crippen LogP contribution in [0.1, 0.15) is 37.3 Å². The fourth-order valence-electron chi connectivity index (χ4n) is 1.94. The maximum atomic E-state index is 14.1. The monoisotopic (exact) mass is 293 g/mol. The summed E-state index contributed by atoms with van der Waals surface area (Å²) in [6, 6.07) is 9.19. The molecule has 0 bridgehead atoms. The molecular formula is C16H17ClFNO. The number of nitrogens with zero attached hydrogens (tertiary/aromatic N) is 1. The maximum Gasteiger partial charge on any atom is 0.256 e. The van der Waals surface area contributed by atoms with Crippen molar-refractivity contribution in [1.82, 2.24) is 4.98 Å². The van der Waals surface area contributed by atoms with Crippen LogP contribution in [0.2, 0.25) is 0 Å². The number of alkyl halides is 1. The van der Waals surface area contributed by atoms with E-state index in [2.05, 4.69) is 18.8 Å². The molecule has 1 aromatic heterocycles. The molecule has 0 aliphatic rings. The molecule has 4 heteroatoms. The first-order chi connectivity index (χ1) is 9.67. The Kier molecular flexibility index (Phi) is 4.96. The molecule has 2 nitrogen and oxygen atoms in total. The lowest BCUT2D eigenvalue weighted by Crippen LogP contribution is -2.00. The minimum atomic E-state index is -0.499. The Labute approximate surface area is 123 Å². The first kappa shape index (κ1) is 14.8. The molecule has 2 rings (SSSR count). The molecule has 1 aromatic carbocycles. The molecule has 0 aliphatic carbocycles. The molecule has 20 heavy (non-hydrogen) atoms. The maximum absolute atomic E-state index is 14.1. The molecule has 0 spiro atoms. The van der Waals surface area contributed by atoms with Gasteiger partial charge >= 0.3 is 0 Å². The number of ether oxygens (including phenoxy) is 1. The van der Waals surface area contributed by atoms with Gasteiger partial charge in [-0.05, 0) is 30.0 Å². The summed E-state index contributed by atoms with van der Waals surface area (Å²) in [6.45, 7) is 4.22. The van der Waals surface area contributed by atoms with Gasteiger partial charge in [0, 0.05) is 11.8 Å². The molecule has 2 aromatic rings. The van der Waals surface area contributed by atoms with Crippen molar-refractivity contribution in [2.45, 2.75) is 32.1 Å². The third-order valence-corrected chi connectivity index (χ3v) is 3.64. The number of rotatable bonds is 5. The number of aromatic nitrogens is 1. The molecule has 0 saturated carbocycles. The normalized spacial score (nSPS) is 12.2. The van der Waals surface area contributed by atoms with Crippen LogP contribution < -0.4 is 4.74 Å². The zero-order valence-corrected chi connectivity index (χ0v) is 12.3. The molecule has 1 heterocycles. The third-order valence-electron chi connectivity index (χ3n) is 3.35. The highest BCUT2D eigenvalue weighted by Crippen LogP contribution is 2.32. The summed E-state index contributed by atoms with van der Waals surface area (Å²) in [4.78, 5) is 3.95. The van der Waals surface area contributed by atoms with Gasteiger partial charge in [0.25, 0.3) is 5.88 Å². The molecular weight excluding hydrogens is 277 g/mol. The topological polar surface area (TPSA) is 22.1 Å². The summed E-state index contributed by atoms with van der Waals surface area (Å²) < 4.78 is 19.8. The largest absolute Gasteiger partial charge is 0.436 e. The van der Waals surface area contributed by atoms with E-state index in [9.17, 15) is 4.39 Å². The lowest BCUT2D eigenvalue weighted by molar-refractivity contribution is 0.413. The number of halogens is 2. The highest BCUT2D eigenvalue weighted by Gasteiger charge is 2.15. The van der Waals surface area contributed by atoms with Gasteiger partial charge in [0.05, 0.1) is 5.88 Å². The predicted molar refractivity (Wildman–Crippen MR) is 79.0 cm³/mol. The van der Waals surface area contributed by atoms with E-state index in [1.807, 2.05) is 24.3 Å². The van der Waals surface area contributed by atoms with Gasteiger partial charge in [-0.25, -0.2) is 9.37 Å². The number of hydrogen-bond donors (Lipinski definition) is 0. The molecule has 106 valence electrons. The van der Waals surface area contributed by atoms with Crippen LogP contribution in [0.4, 0.5) is 4.39 Å². The average Bonchev–Trinajstić information content (AvgIpc) is 2.49. The second-order valence-corrected chi connectivity index (χ2v) is 4.94. The van der Waals surface area contributed by atoms with Gasteiger partial charge in [0.15, 0.2) is 5.82 Å². The van der Waals surface area contributed by atoms with Crippen molar-refractivity contribution in [1.29, 1.82) is 0 Å². The Morgan fingerprint density at radius 1 is 1.30 bits per heavy atom. The Bertz CT molecular complexity index is 588. The second kappa shape index (κ2) is 6.71. The van der Waals surface area contributed by atoms with Gasteiger partial charge in [-0.3, -0.25) is 0 Å². The number of benzene rings is 1. The Balaban J connectivity index is 2.35. The Morgan fingerprint density at radius 3 is 2.75 bits per heavy atom. The minimum Gasteiger partial charge on any atom is -0.436 e. The number of pyridine rings is 1. The first-order valence-corrected chi connectivity index (χ1v) is 7.17. The van der Waals surface area contributed by atoms with Crippen molar-refractivity contribution in [3.8, 4) is 11.6 Å². The van der Waals surface area contributed by atoms with Crippen molar-refractivity contribution >= 4 is 11.6 Å². The third kappa shape index (κ3) is 3.10. The van der Waals surface area contributed by atoms with E-state index in [1.54, 1.807) is 6.07 Å². The molecule has 0 N–H and O–H groups in total. The minimum absolute atomic E-state index is 0.0288. The van der Waals surface area contributed by atoms with Crippen LogP contribution >= 0.6 is 11.6 Å². The van der Waals surface area contributed by atoms with E-state index in [4.69, 9.17) is 16.3 Å². The van der Waals surface area contributed by atoms with Gasteiger partial charge in [0.2, 0.25) is 0 Å². The van der Waals surface area contributed by atoms with Crippen LogP contribution in [-0.4, -0.2) is 4.98 Å². The lowest BCUT2D eigenvalue weighted by atomic mass is 9.98. The van der Waals surface area contributed by atoms with Gasteiger partial charge in [-0.2, -0.15) is 0 Å². The summed E-state index contributed by atoms with van der Waals surface area (Å²) in [5.74, 6) is 0.545. The van der Waals surface area contributed by atoms with Crippen molar-refractivity contribution in [2.24, 2.45) is 0 Å². The molecule has 0 amide bonds. The van der Waals surface area contributed by atoms with Crippen LogP contribution in [0.5, 0.6) is 11.6 Å². The molecule has 0 radical (unpaired) electrons. The quantitative estimate of drug-likeness (QED) is 0.701. The summed E-state index contributed by atoms with van der Waals surface area (Å²) in [5, 5.41) is 0. The van der Waals surface area contributed by atoms with Gasteiger partial charge in [-0.15, -0.1) is 11.6 Å². The van der Waals surface area contributed by atoms with E-state index < -0.39 is 5.82 Å². The second-order valence-electron chi connectivity index (χ2n) is 4.67. The molecule has 0 saturated heterocycles. The fourth-order valence-corrected chi connectivity index (χ4v) is 2.15. The van der Waals surface area contributed by atoms with Crippen LogP contribution in [0.15, 0.2) is 36.5 Å². The van der Waals surface area contributed by atoms with Crippen LogP contribution in [0.3, 0.4) is 0 Å². The average molecular weight is 294 g/mol. The predicted octanol–water partition coefficient (Wildman–Crippen LogP) is 5.27. The summed E-state index contributed by atoms with van der Waals surface area (Å²) in [5.41, 5.74) is 1.44. The lowest BCUT2D eigenvalue weighted by Gasteiger charge is -2.15. The van der Waals surface area contributed by atoms with E-state index in [1.165, 1.54) is 6.20 Å². The van der Waals surface area contributed by atoms with Gasteiger partial charge in [-0.1, -0.05) is 32.0 Å². The molecule has 0 aliphatic heterocycles. The van der Waals surface area contributed by atoms with Crippen molar-refractivity contribution in [3.05, 3.63) is 53.5 Å². The highest BCUT2D eigenvalue weighted by atomic mass is 35.5.